The largest absolute Gasteiger partial charge is 0.487 e. The average Bonchev–Trinajstić information content (AvgIpc) is 3.30. The van der Waals surface area contributed by atoms with Crippen LogP contribution < -0.4 is 10.1 Å². The Hall–Kier alpha value is -3.34. The molecule has 0 saturated heterocycles. The Bertz CT molecular complexity index is 959. The number of carbonyl (C=O) groups excluding carboxylic acids is 1. The highest BCUT2D eigenvalue weighted by molar-refractivity contribution is 7.13. The third kappa shape index (κ3) is 4.64. The Morgan fingerprint density at radius 1 is 1.37 bits per heavy atom. The topological polar surface area (TPSA) is 110 Å². The van der Waals surface area contributed by atoms with Crippen molar-refractivity contribution >= 4 is 28.6 Å². The fraction of sp³-hybridized carbons (Fsp3) is 0.125. The van der Waals surface area contributed by atoms with E-state index in [1.807, 2.05) is 17.5 Å². The van der Waals surface area contributed by atoms with Gasteiger partial charge >= 0.3 is 0 Å². The molecule has 1 aromatic carbocycles. The molecule has 3 aromatic rings. The Morgan fingerprint density at radius 3 is 2.85 bits per heavy atom. The molecule has 140 valence electrons. The number of halogens is 2. The SMILES string of the molecule is O=C(Nc1cc(OCC(F)F)cc([N+](=O)[O-])c1)c1cc(-c2cccs2)[nH]n1. The highest BCUT2D eigenvalue weighted by Crippen LogP contribution is 2.27. The number of H-pyrrole nitrogens is 1. The van der Waals surface area contributed by atoms with Crippen LogP contribution in [0.15, 0.2) is 41.8 Å². The predicted octanol–water partition coefficient (Wildman–Crippen LogP) is 3.94. The molecule has 0 fully saturated rings. The number of nitrogens with zero attached hydrogens (tertiary/aromatic N) is 2. The zero-order valence-corrected chi connectivity index (χ0v) is 14.3. The van der Waals surface area contributed by atoms with E-state index in [0.717, 1.165) is 17.0 Å². The van der Waals surface area contributed by atoms with Gasteiger partial charge in [-0.1, -0.05) is 6.07 Å². The molecule has 0 radical (unpaired) electrons. The van der Waals surface area contributed by atoms with Gasteiger partial charge in [0.05, 0.1) is 27.2 Å². The van der Waals surface area contributed by atoms with Gasteiger partial charge < -0.3 is 10.1 Å². The van der Waals surface area contributed by atoms with E-state index in [1.165, 1.54) is 23.5 Å². The number of aromatic nitrogens is 2. The molecule has 0 aliphatic rings. The minimum atomic E-state index is -2.73. The standard InChI is InChI=1S/C16H12F2N4O4S/c17-15(18)8-26-11-5-9(4-10(6-11)22(24)25)19-16(23)13-7-12(20-21-13)14-2-1-3-27-14/h1-7,15H,8H2,(H,19,23)(H,20,21). The van der Waals surface area contributed by atoms with Gasteiger partial charge in [0.25, 0.3) is 18.0 Å². The quantitative estimate of drug-likeness (QED) is 0.466. The number of thiophene rings is 1. The van der Waals surface area contributed by atoms with E-state index >= 15 is 0 Å². The molecule has 27 heavy (non-hydrogen) atoms. The second-order valence-electron chi connectivity index (χ2n) is 5.27. The number of hydrogen-bond acceptors (Lipinski definition) is 6. The number of benzene rings is 1. The number of ether oxygens (including phenoxy) is 1. The molecule has 3 rings (SSSR count). The van der Waals surface area contributed by atoms with Crippen LogP contribution in [0.1, 0.15) is 10.5 Å². The third-order valence-corrected chi connectivity index (χ3v) is 4.24. The summed E-state index contributed by atoms with van der Waals surface area (Å²) in [4.78, 5) is 23.5. The summed E-state index contributed by atoms with van der Waals surface area (Å²) < 4.78 is 29.4. The van der Waals surface area contributed by atoms with Crippen molar-refractivity contribution in [2.75, 3.05) is 11.9 Å². The highest BCUT2D eigenvalue weighted by atomic mass is 32.1. The van der Waals surface area contributed by atoms with Gasteiger partial charge in [0, 0.05) is 12.1 Å². The maximum Gasteiger partial charge on any atom is 0.276 e. The Kier molecular flexibility index (Phi) is 5.41. The molecule has 1 amide bonds. The third-order valence-electron chi connectivity index (χ3n) is 3.33. The molecule has 0 aliphatic heterocycles. The van der Waals surface area contributed by atoms with E-state index < -0.39 is 29.6 Å². The summed E-state index contributed by atoms with van der Waals surface area (Å²) in [6, 6.07) is 8.56. The number of non-ortho nitro benzene ring substituents is 1. The minimum Gasteiger partial charge on any atom is -0.487 e. The molecule has 0 atom stereocenters. The van der Waals surface area contributed by atoms with Crippen LogP contribution >= 0.6 is 11.3 Å². The van der Waals surface area contributed by atoms with E-state index in [9.17, 15) is 23.7 Å². The van der Waals surface area contributed by atoms with E-state index in [1.54, 1.807) is 0 Å². The number of alkyl halides is 2. The van der Waals surface area contributed by atoms with Gasteiger partial charge in [-0.25, -0.2) is 8.78 Å². The molecular formula is C16H12F2N4O4S. The number of aromatic amines is 1. The molecule has 0 bridgehead atoms. The predicted molar refractivity (Wildman–Crippen MR) is 94.4 cm³/mol. The molecule has 2 aromatic heterocycles. The normalized spacial score (nSPS) is 10.8. The first-order chi connectivity index (χ1) is 12.9. The first-order valence-electron chi connectivity index (χ1n) is 7.53. The number of anilines is 1. The first-order valence-corrected chi connectivity index (χ1v) is 8.41. The monoisotopic (exact) mass is 394 g/mol. The molecule has 0 saturated carbocycles. The molecule has 2 heterocycles. The van der Waals surface area contributed by atoms with Crippen LogP contribution in [0.5, 0.6) is 5.75 Å². The molecule has 8 nitrogen and oxygen atoms in total. The van der Waals surface area contributed by atoms with Gasteiger partial charge in [-0.2, -0.15) is 5.10 Å². The van der Waals surface area contributed by atoms with Crippen LogP contribution in [0, 0.1) is 10.1 Å². The lowest BCUT2D eigenvalue weighted by molar-refractivity contribution is -0.384. The van der Waals surface area contributed by atoms with Crippen molar-refractivity contribution in [3.63, 3.8) is 0 Å². The van der Waals surface area contributed by atoms with E-state index in [0.29, 0.717) is 5.69 Å². The van der Waals surface area contributed by atoms with Crippen molar-refractivity contribution in [2.45, 2.75) is 6.43 Å². The Morgan fingerprint density at radius 2 is 2.19 bits per heavy atom. The second kappa shape index (κ2) is 7.91. The van der Waals surface area contributed by atoms with Crippen LogP contribution in [0.4, 0.5) is 20.2 Å². The zero-order valence-electron chi connectivity index (χ0n) is 13.5. The number of rotatable bonds is 7. The maximum absolute atomic E-state index is 12.3. The van der Waals surface area contributed by atoms with Crippen LogP contribution in [0.2, 0.25) is 0 Å². The van der Waals surface area contributed by atoms with Crippen molar-refractivity contribution in [3.8, 4) is 16.3 Å². The van der Waals surface area contributed by atoms with Crippen LogP contribution in [-0.4, -0.2) is 34.1 Å². The number of hydrogen-bond donors (Lipinski definition) is 2. The second-order valence-corrected chi connectivity index (χ2v) is 6.22. The first kappa shape index (κ1) is 18.5. The average molecular weight is 394 g/mol. The number of nitro benzene ring substituents is 1. The number of nitro groups is 1. The van der Waals surface area contributed by atoms with E-state index in [2.05, 4.69) is 15.5 Å². The summed E-state index contributed by atoms with van der Waals surface area (Å²) >= 11 is 1.46. The van der Waals surface area contributed by atoms with Crippen molar-refractivity contribution in [2.24, 2.45) is 0 Å². The van der Waals surface area contributed by atoms with Crippen molar-refractivity contribution in [3.05, 3.63) is 57.6 Å². The number of carbonyl (C=O) groups is 1. The summed E-state index contributed by atoms with van der Waals surface area (Å²) in [5.41, 5.74) is 0.340. The summed E-state index contributed by atoms with van der Waals surface area (Å²) in [6.45, 7) is -0.919. The van der Waals surface area contributed by atoms with E-state index in [4.69, 9.17) is 4.74 Å². The smallest absolute Gasteiger partial charge is 0.276 e. The van der Waals surface area contributed by atoms with E-state index in [-0.39, 0.29) is 17.1 Å². The molecule has 0 unspecified atom stereocenters. The summed E-state index contributed by atoms with van der Waals surface area (Å²) in [5.74, 6) is -0.768. The van der Waals surface area contributed by atoms with Crippen molar-refractivity contribution in [1.29, 1.82) is 0 Å². The highest BCUT2D eigenvalue weighted by Gasteiger charge is 2.16. The van der Waals surface area contributed by atoms with Gasteiger partial charge in [-0.15, -0.1) is 11.3 Å². The number of amides is 1. The molecular weight excluding hydrogens is 382 g/mol. The summed E-state index contributed by atoms with van der Waals surface area (Å²) in [5, 5.41) is 22.0. The fourth-order valence-electron chi connectivity index (χ4n) is 2.19. The molecule has 2 N–H and O–H groups in total. The maximum atomic E-state index is 12.3. The summed E-state index contributed by atoms with van der Waals surface area (Å²) in [6.07, 6.45) is -2.73. The lowest BCUT2D eigenvalue weighted by Gasteiger charge is -2.08. The van der Waals surface area contributed by atoms with Crippen molar-refractivity contribution < 1.29 is 23.2 Å². The van der Waals surface area contributed by atoms with Gasteiger partial charge in [0.2, 0.25) is 0 Å². The van der Waals surface area contributed by atoms with Crippen LogP contribution in [0.25, 0.3) is 10.6 Å². The van der Waals surface area contributed by atoms with Gasteiger partial charge in [-0.05, 0) is 17.5 Å². The fourth-order valence-corrected chi connectivity index (χ4v) is 2.89. The zero-order chi connectivity index (χ0) is 19.4. The van der Waals surface area contributed by atoms with Gasteiger partial charge in [0.1, 0.15) is 12.4 Å². The van der Waals surface area contributed by atoms with Crippen LogP contribution in [0.3, 0.4) is 0 Å². The summed E-state index contributed by atoms with van der Waals surface area (Å²) in [7, 11) is 0. The minimum absolute atomic E-state index is 0.0270. The lowest BCUT2D eigenvalue weighted by atomic mass is 10.2. The lowest BCUT2D eigenvalue weighted by Crippen LogP contribution is -2.13. The van der Waals surface area contributed by atoms with Gasteiger partial charge in [-0.3, -0.25) is 20.0 Å². The molecule has 0 aliphatic carbocycles. The van der Waals surface area contributed by atoms with Crippen LogP contribution in [-0.2, 0) is 0 Å². The Balaban J connectivity index is 1.79. The molecule has 0 spiro atoms. The van der Waals surface area contributed by atoms with Gasteiger partial charge in [0.15, 0.2) is 5.69 Å². The Labute approximate surface area is 154 Å². The van der Waals surface area contributed by atoms with Crippen molar-refractivity contribution in [1.82, 2.24) is 10.2 Å². The number of nitrogens with one attached hydrogen (secondary N) is 2. The molecule has 11 heteroatoms.